The minimum atomic E-state index is -1.13. The van der Waals surface area contributed by atoms with Crippen LogP contribution in [0.2, 0.25) is 0 Å². The number of rotatable bonds is 5. The molecule has 0 atom stereocenters. The van der Waals surface area contributed by atoms with Gasteiger partial charge in [0.1, 0.15) is 5.41 Å². The van der Waals surface area contributed by atoms with Gasteiger partial charge in [-0.2, -0.15) is 0 Å². The van der Waals surface area contributed by atoms with Crippen LogP contribution in [0.4, 0.5) is 14.5 Å². The first-order valence-corrected chi connectivity index (χ1v) is 8.02. The minimum Gasteiger partial charge on any atom is -0.351 e. The van der Waals surface area contributed by atoms with Crippen LogP contribution in [0.3, 0.4) is 0 Å². The molecule has 0 heterocycles. The van der Waals surface area contributed by atoms with Gasteiger partial charge < -0.3 is 10.6 Å². The summed E-state index contributed by atoms with van der Waals surface area (Å²) in [5.41, 5.74) is 1.03. The zero-order valence-corrected chi connectivity index (χ0v) is 13.7. The standard InChI is InChI=1S/C19H18F2N2O2/c1-12-4-2-3-5-13(12)11-22-17(24)19(8-9-19)18(25)23-14-6-7-15(20)16(21)10-14/h2-7,10H,8-9,11H2,1H3,(H,22,24)(H,23,25). The Morgan fingerprint density at radius 1 is 1.04 bits per heavy atom. The molecule has 3 rings (SSSR count). The van der Waals surface area contributed by atoms with E-state index in [9.17, 15) is 18.4 Å². The first-order chi connectivity index (χ1) is 11.9. The third kappa shape index (κ3) is 3.52. The van der Waals surface area contributed by atoms with Crippen molar-refractivity contribution < 1.29 is 18.4 Å². The van der Waals surface area contributed by atoms with Crippen LogP contribution in [0.1, 0.15) is 24.0 Å². The molecule has 0 aromatic heterocycles. The lowest BCUT2D eigenvalue weighted by Gasteiger charge is -2.16. The summed E-state index contributed by atoms with van der Waals surface area (Å²) in [6.07, 6.45) is 0.865. The lowest BCUT2D eigenvalue weighted by atomic mass is 10.0. The van der Waals surface area contributed by atoms with Crippen LogP contribution in [0.15, 0.2) is 42.5 Å². The van der Waals surface area contributed by atoms with Crippen LogP contribution in [0, 0.1) is 24.0 Å². The molecule has 6 heteroatoms. The molecule has 0 radical (unpaired) electrons. The summed E-state index contributed by atoms with van der Waals surface area (Å²) in [6, 6.07) is 10.8. The van der Waals surface area contributed by atoms with Crippen molar-refractivity contribution >= 4 is 17.5 Å². The summed E-state index contributed by atoms with van der Waals surface area (Å²) >= 11 is 0. The van der Waals surface area contributed by atoms with Crippen molar-refractivity contribution in [3.8, 4) is 0 Å². The van der Waals surface area contributed by atoms with Gasteiger partial charge in [0.05, 0.1) is 0 Å². The Morgan fingerprint density at radius 2 is 1.76 bits per heavy atom. The average molecular weight is 344 g/mol. The summed E-state index contributed by atoms with van der Waals surface area (Å²) in [7, 11) is 0. The molecule has 0 unspecified atom stereocenters. The maximum absolute atomic E-state index is 13.2. The number of nitrogens with one attached hydrogen (secondary N) is 2. The highest BCUT2D eigenvalue weighted by molar-refractivity contribution is 6.13. The molecule has 1 aliphatic carbocycles. The van der Waals surface area contributed by atoms with E-state index in [4.69, 9.17) is 0 Å². The van der Waals surface area contributed by atoms with E-state index in [2.05, 4.69) is 10.6 Å². The zero-order valence-electron chi connectivity index (χ0n) is 13.7. The highest BCUT2D eigenvalue weighted by Gasteiger charge is 2.56. The number of hydrogen-bond donors (Lipinski definition) is 2. The highest BCUT2D eigenvalue weighted by atomic mass is 19.2. The number of aryl methyl sites for hydroxylation is 1. The van der Waals surface area contributed by atoms with Gasteiger partial charge in [0.15, 0.2) is 11.6 Å². The molecule has 1 saturated carbocycles. The third-order valence-corrected chi connectivity index (χ3v) is 4.50. The first-order valence-electron chi connectivity index (χ1n) is 8.02. The predicted molar refractivity (Wildman–Crippen MR) is 89.7 cm³/mol. The zero-order chi connectivity index (χ0) is 18.0. The lowest BCUT2D eigenvalue weighted by Crippen LogP contribution is -2.39. The minimum absolute atomic E-state index is 0.127. The second kappa shape index (κ2) is 6.63. The van der Waals surface area contributed by atoms with E-state index < -0.39 is 23.0 Å². The van der Waals surface area contributed by atoms with Gasteiger partial charge in [0, 0.05) is 18.3 Å². The quantitative estimate of drug-likeness (QED) is 0.818. The van der Waals surface area contributed by atoms with Crippen LogP contribution in [0.25, 0.3) is 0 Å². The number of anilines is 1. The van der Waals surface area contributed by atoms with Crippen molar-refractivity contribution in [2.75, 3.05) is 5.32 Å². The smallest absolute Gasteiger partial charge is 0.240 e. The van der Waals surface area contributed by atoms with Gasteiger partial charge in [-0.25, -0.2) is 8.78 Å². The van der Waals surface area contributed by atoms with Crippen molar-refractivity contribution in [2.45, 2.75) is 26.3 Å². The maximum Gasteiger partial charge on any atom is 0.240 e. The number of benzene rings is 2. The molecule has 0 saturated heterocycles. The molecule has 2 aromatic rings. The summed E-state index contributed by atoms with van der Waals surface area (Å²) in [6.45, 7) is 2.29. The SMILES string of the molecule is Cc1ccccc1CNC(=O)C1(C(=O)Nc2ccc(F)c(F)c2)CC1. The van der Waals surface area contributed by atoms with E-state index >= 15 is 0 Å². The molecule has 2 amide bonds. The molecule has 130 valence electrons. The largest absolute Gasteiger partial charge is 0.351 e. The van der Waals surface area contributed by atoms with E-state index in [1.807, 2.05) is 31.2 Å². The molecule has 1 aliphatic rings. The predicted octanol–water partition coefficient (Wildman–Crippen LogP) is 3.31. The molecule has 4 nitrogen and oxygen atoms in total. The number of carbonyl (C=O) groups excluding carboxylic acids is 2. The van der Waals surface area contributed by atoms with E-state index in [0.717, 1.165) is 23.3 Å². The van der Waals surface area contributed by atoms with Gasteiger partial charge in [0.25, 0.3) is 0 Å². The number of amides is 2. The third-order valence-electron chi connectivity index (χ3n) is 4.50. The fourth-order valence-electron chi connectivity index (χ4n) is 2.66. The molecule has 0 spiro atoms. The summed E-state index contributed by atoms with van der Waals surface area (Å²) in [5, 5.41) is 5.29. The van der Waals surface area contributed by atoms with Crippen molar-refractivity contribution in [3.63, 3.8) is 0 Å². The Bertz CT molecular complexity index is 832. The maximum atomic E-state index is 13.2. The van der Waals surface area contributed by atoms with Crippen LogP contribution in [0.5, 0.6) is 0 Å². The van der Waals surface area contributed by atoms with E-state index in [1.54, 1.807) is 0 Å². The highest BCUT2D eigenvalue weighted by Crippen LogP contribution is 2.47. The Balaban J connectivity index is 1.64. The second-order valence-corrected chi connectivity index (χ2v) is 6.27. The van der Waals surface area contributed by atoms with Crippen LogP contribution >= 0.6 is 0 Å². The van der Waals surface area contributed by atoms with Gasteiger partial charge in [-0.3, -0.25) is 9.59 Å². The van der Waals surface area contributed by atoms with Crippen molar-refractivity contribution in [1.29, 1.82) is 0 Å². The monoisotopic (exact) mass is 344 g/mol. The van der Waals surface area contributed by atoms with Crippen LogP contribution in [-0.4, -0.2) is 11.8 Å². The fraction of sp³-hybridized carbons (Fsp3) is 0.263. The first kappa shape index (κ1) is 17.1. The van der Waals surface area contributed by atoms with Gasteiger partial charge in [-0.1, -0.05) is 24.3 Å². The topological polar surface area (TPSA) is 58.2 Å². The van der Waals surface area contributed by atoms with Gasteiger partial charge >= 0.3 is 0 Å². The van der Waals surface area contributed by atoms with Gasteiger partial charge in [-0.15, -0.1) is 0 Å². The molecule has 1 fully saturated rings. The van der Waals surface area contributed by atoms with Gasteiger partial charge in [0.2, 0.25) is 11.8 Å². The molecule has 0 bridgehead atoms. The summed E-state index contributed by atoms with van der Waals surface area (Å²) < 4.78 is 26.2. The molecule has 0 aliphatic heterocycles. The Kier molecular flexibility index (Phi) is 4.53. The Labute approximate surface area is 144 Å². The number of carbonyl (C=O) groups is 2. The Morgan fingerprint density at radius 3 is 2.40 bits per heavy atom. The molecule has 2 aromatic carbocycles. The van der Waals surface area contributed by atoms with Crippen molar-refractivity contribution in [2.24, 2.45) is 5.41 Å². The van der Waals surface area contributed by atoms with Crippen LogP contribution in [-0.2, 0) is 16.1 Å². The molecule has 2 N–H and O–H groups in total. The van der Waals surface area contributed by atoms with E-state index in [1.165, 1.54) is 6.07 Å². The average Bonchev–Trinajstić information content (AvgIpc) is 3.39. The summed E-state index contributed by atoms with van der Waals surface area (Å²) in [5.74, 6) is -2.89. The molecular weight excluding hydrogens is 326 g/mol. The number of halogens is 2. The lowest BCUT2D eigenvalue weighted by molar-refractivity contribution is -0.134. The summed E-state index contributed by atoms with van der Waals surface area (Å²) in [4.78, 5) is 24.9. The van der Waals surface area contributed by atoms with Gasteiger partial charge in [-0.05, 0) is 43.0 Å². The van der Waals surface area contributed by atoms with E-state index in [-0.39, 0.29) is 11.6 Å². The van der Waals surface area contributed by atoms with Crippen molar-refractivity contribution in [1.82, 2.24) is 5.32 Å². The Hall–Kier alpha value is -2.76. The van der Waals surface area contributed by atoms with Crippen LogP contribution < -0.4 is 10.6 Å². The normalized spacial score (nSPS) is 14.7. The second-order valence-electron chi connectivity index (χ2n) is 6.27. The van der Waals surface area contributed by atoms with Crippen molar-refractivity contribution in [3.05, 3.63) is 65.2 Å². The van der Waals surface area contributed by atoms with E-state index in [0.29, 0.717) is 19.4 Å². The number of hydrogen-bond acceptors (Lipinski definition) is 2. The molecular formula is C19H18F2N2O2. The molecule has 25 heavy (non-hydrogen) atoms. The fourth-order valence-corrected chi connectivity index (χ4v) is 2.66.